The maximum Gasteiger partial charge on any atom is 0.0448 e. The molecule has 1 aromatic heterocycles. The number of anilines is 1. The van der Waals surface area contributed by atoms with E-state index in [-0.39, 0.29) is 6.04 Å². The van der Waals surface area contributed by atoms with Gasteiger partial charge in [0.15, 0.2) is 0 Å². The van der Waals surface area contributed by atoms with Gasteiger partial charge in [0.25, 0.3) is 0 Å². The summed E-state index contributed by atoms with van der Waals surface area (Å²) < 4.78 is 1.10. The van der Waals surface area contributed by atoms with Crippen LogP contribution in [0.25, 0.3) is 0 Å². The topological polar surface area (TPSA) is 50.9 Å². The maximum atomic E-state index is 5.99. The number of hydrogen-bond acceptors (Lipinski definition) is 4. The zero-order chi connectivity index (χ0) is 13.7. The smallest absolute Gasteiger partial charge is 0.0448 e. The van der Waals surface area contributed by atoms with E-state index in [9.17, 15) is 0 Å². The number of nitrogens with zero attached hydrogens (tertiary/aromatic N) is 1. The number of nitrogen functional groups attached to an aromatic ring is 1. The molecule has 2 rings (SSSR count). The molecule has 1 aromatic carbocycles. The minimum Gasteiger partial charge on any atom is -0.398 e. The van der Waals surface area contributed by atoms with Crippen LogP contribution in [0.4, 0.5) is 5.69 Å². The van der Waals surface area contributed by atoms with Crippen molar-refractivity contribution in [3.8, 4) is 0 Å². The number of benzene rings is 1. The quantitative estimate of drug-likeness (QED) is 0.820. The van der Waals surface area contributed by atoms with Crippen molar-refractivity contribution in [3.63, 3.8) is 0 Å². The van der Waals surface area contributed by atoms with Crippen LogP contribution in [-0.4, -0.2) is 17.8 Å². The number of rotatable bonds is 5. The van der Waals surface area contributed by atoms with Crippen molar-refractivity contribution in [2.45, 2.75) is 10.9 Å². The first-order chi connectivity index (χ1) is 9.20. The van der Waals surface area contributed by atoms with Crippen LogP contribution in [0.1, 0.15) is 11.6 Å². The van der Waals surface area contributed by atoms with E-state index >= 15 is 0 Å². The average molecular weight is 338 g/mol. The van der Waals surface area contributed by atoms with E-state index in [2.05, 4.69) is 38.4 Å². The molecule has 0 fully saturated rings. The third kappa shape index (κ3) is 3.96. The van der Waals surface area contributed by atoms with Gasteiger partial charge in [0, 0.05) is 44.8 Å². The Morgan fingerprint density at radius 2 is 2.26 bits per heavy atom. The van der Waals surface area contributed by atoms with E-state index in [0.717, 1.165) is 21.5 Å². The van der Waals surface area contributed by atoms with Crippen LogP contribution < -0.4 is 11.1 Å². The molecular formula is C14H16BrN3S. The third-order valence-electron chi connectivity index (χ3n) is 2.82. The summed E-state index contributed by atoms with van der Waals surface area (Å²) in [6, 6.07) is 10.3. The Bertz CT molecular complexity index is 548. The van der Waals surface area contributed by atoms with Gasteiger partial charge in [-0.15, -0.1) is 11.8 Å². The van der Waals surface area contributed by atoms with E-state index in [4.69, 9.17) is 5.73 Å². The highest BCUT2D eigenvalue weighted by molar-refractivity contribution is 9.10. The molecule has 100 valence electrons. The van der Waals surface area contributed by atoms with Crippen molar-refractivity contribution in [1.29, 1.82) is 0 Å². The van der Waals surface area contributed by atoms with Gasteiger partial charge in [-0.2, -0.15) is 0 Å². The molecule has 0 amide bonds. The number of aromatic nitrogens is 1. The lowest BCUT2D eigenvalue weighted by Crippen LogP contribution is -2.20. The zero-order valence-corrected chi connectivity index (χ0v) is 13.0. The summed E-state index contributed by atoms with van der Waals surface area (Å²) in [5, 5.41) is 3.29. The van der Waals surface area contributed by atoms with Gasteiger partial charge in [0.05, 0.1) is 0 Å². The number of thioether (sulfide) groups is 1. The Morgan fingerprint density at radius 1 is 1.42 bits per heavy atom. The minimum atomic E-state index is 0.192. The minimum absolute atomic E-state index is 0.192. The SMILES string of the molecule is CNC(CSc1cccc(Br)c1)c1cnccc1N. The summed E-state index contributed by atoms with van der Waals surface area (Å²) in [6.45, 7) is 0. The molecule has 0 aliphatic carbocycles. The molecule has 5 heteroatoms. The summed E-state index contributed by atoms with van der Waals surface area (Å²) >= 11 is 5.28. The van der Waals surface area contributed by atoms with Gasteiger partial charge in [-0.3, -0.25) is 4.98 Å². The number of nitrogens with two attached hydrogens (primary N) is 1. The van der Waals surface area contributed by atoms with E-state index in [0.29, 0.717) is 0 Å². The number of hydrogen-bond donors (Lipinski definition) is 2. The molecule has 1 atom stereocenters. The molecule has 19 heavy (non-hydrogen) atoms. The highest BCUT2D eigenvalue weighted by Crippen LogP contribution is 2.28. The molecule has 0 saturated carbocycles. The predicted molar refractivity (Wildman–Crippen MR) is 85.3 cm³/mol. The molecule has 2 aromatic rings. The summed E-state index contributed by atoms with van der Waals surface area (Å²) in [6.07, 6.45) is 3.55. The standard InChI is InChI=1S/C14H16BrN3S/c1-17-14(12-8-18-6-5-13(12)16)9-19-11-4-2-3-10(15)7-11/h2-8,14,17H,9H2,1H3,(H2,16,18). The lowest BCUT2D eigenvalue weighted by atomic mass is 10.1. The number of pyridine rings is 1. The third-order valence-corrected chi connectivity index (χ3v) is 4.40. The molecule has 0 saturated heterocycles. The molecule has 1 unspecified atom stereocenters. The molecule has 0 aliphatic rings. The first-order valence-electron chi connectivity index (χ1n) is 5.95. The molecule has 0 aliphatic heterocycles. The van der Waals surface area contributed by atoms with Crippen LogP contribution in [0.2, 0.25) is 0 Å². The van der Waals surface area contributed by atoms with Gasteiger partial charge in [-0.1, -0.05) is 22.0 Å². The van der Waals surface area contributed by atoms with Crippen molar-refractivity contribution >= 4 is 33.4 Å². The van der Waals surface area contributed by atoms with Crippen LogP contribution in [0, 0.1) is 0 Å². The Balaban J connectivity index is 2.06. The van der Waals surface area contributed by atoms with Crippen molar-refractivity contribution in [3.05, 3.63) is 52.8 Å². The molecule has 3 N–H and O–H groups in total. The van der Waals surface area contributed by atoms with Crippen molar-refractivity contribution in [2.75, 3.05) is 18.5 Å². The van der Waals surface area contributed by atoms with E-state index in [1.807, 2.05) is 31.4 Å². The van der Waals surface area contributed by atoms with Gasteiger partial charge in [-0.25, -0.2) is 0 Å². The number of nitrogens with one attached hydrogen (secondary N) is 1. The van der Waals surface area contributed by atoms with Crippen molar-refractivity contribution in [1.82, 2.24) is 10.3 Å². The molecular weight excluding hydrogens is 322 g/mol. The molecule has 0 radical (unpaired) electrons. The molecule has 0 spiro atoms. The second kappa shape index (κ2) is 6.93. The van der Waals surface area contributed by atoms with Gasteiger partial charge in [0.2, 0.25) is 0 Å². The van der Waals surface area contributed by atoms with E-state index in [1.54, 1.807) is 18.0 Å². The summed E-state index contributed by atoms with van der Waals surface area (Å²) in [5.41, 5.74) is 7.82. The second-order valence-electron chi connectivity index (χ2n) is 4.11. The van der Waals surface area contributed by atoms with Crippen molar-refractivity contribution < 1.29 is 0 Å². The maximum absolute atomic E-state index is 5.99. The van der Waals surface area contributed by atoms with Gasteiger partial charge >= 0.3 is 0 Å². The molecule has 0 bridgehead atoms. The first-order valence-corrected chi connectivity index (χ1v) is 7.73. The lowest BCUT2D eigenvalue weighted by molar-refractivity contribution is 0.661. The van der Waals surface area contributed by atoms with E-state index < -0.39 is 0 Å². The first kappa shape index (κ1) is 14.4. The Hall–Kier alpha value is -1.04. The zero-order valence-electron chi connectivity index (χ0n) is 10.6. The van der Waals surface area contributed by atoms with Gasteiger partial charge in [-0.05, 0) is 31.3 Å². The van der Waals surface area contributed by atoms with Crippen LogP contribution >= 0.6 is 27.7 Å². The highest BCUT2D eigenvalue weighted by atomic mass is 79.9. The van der Waals surface area contributed by atoms with Crippen LogP contribution in [0.3, 0.4) is 0 Å². The summed E-state index contributed by atoms with van der Waals surface area (Å²) in [4.78, 5) is 5.38. The fraction of sp³-hybridized carbons (Fsp3) is 0.214. The molecule has 3 nitrogen and oxygen atoms in total. The van der Waals surface area contributed by atoms with Crippen LogP contribution in [0.5, 0.6) is 0 Å². The highest BCUT2D eigenvalue weighted by Gasteiger charge is 2.12. The van der Waals surface area contributed by atoms with E-state index in [1.165, 1.54) is 4.90 Å². The second-order valence-corrected chi connectivity index (χ2v) is 6.12. The lowest BCUT2D eigenvalue weighted by Gasteiger charge is -2.17. The van der Waals surface area contributed by atoms with Crippen LogP contribution in [-0.2, 0) is 0 Å². The van der Waals surface area contributed by atoms with Gasteiger partial charge in [0.1, 0.15) is 0 Å². The fourth-order valence-electron chi connectivity index (χ4n) is 1.77. The van der Waals surface area contributed by atoms with Crippen molar-refractivity contribution in [2.24, 2.45) is 0 Å². The monoisotopic (exact) mass is 337 g/mol. The van der Waals surface area contributed by atoms with Gasteiger partial charge < -0.3 is 11.1 Å². The normalized spacial score (nSPS) is 12.3. The predicted octanol–water partition coefficient (Wildman–Crippen LogP) is 3.48. The Labute approximate surface area is 126 Å². The average Bonchev–Trinajstić information content (AvgIpc) is 2.41. The molecule has 1 heterocycles. The Kier molecular flexibility index (Phi) is 5.24. The summed E-state index contributed by atoms with van der Waals surface area (Å²) in [7, 11) is 1.94. The fourth-order valence-corrected chi connectivity index (χ4v) is 3.41. The van der Waals surface area contributed by atoms with Crippen LogP contribution in [0.15, 0.2) is 52.1 Å². The Morgan fingerprint density at radius 3 is 2.95 bits per heavy atom. The number of halogens is 1. The largest absolute Gasteiger partial charge is 0.398 e. The summed E-state index contributed by atoms with van der Waals surface area (Å²) in [5.74, 6) is 0.906.